The molecule has 1 aliphatic heterocycles. The number of aliphatic hydroxyl groups is 1. The van der Waals surface area contributed by atoms with Crippen LogP contribution in [0.15, 0.2) is 33.4 Å². The highest BCUT2D eigenvalue weighted by Crippen LogP contribution is 2.33. The molecule has 6 nitrogen and oxygen atoms in total. The molecule has 0 aromatic carbocycles. The van der Waals surface area contributed by atoms with E-state index in [0.717, 1.165) is 0 Å². The van der Waals surface area contributed by atoms with Gasteiger partial charge in [-0.05, 0) is 28.1 Å². The van der Waals surface area contributed by atoms with Gasteiger partial charge < -0.3 is 14.5 Å². The Morgan fingerprint density at radius 1 is 1.50 bits per heavy atom. The number of carbonyl (C=O) groups is 1. The molecule has 1 aliphatic rings. The molecule has 1 fully saturated rings. The predicted molar refractivity (Wildman–Crippen MR) is 73.6 cm³/mol. The first-order valence-corrected chi connectivity index (χ1v) is 6.88. The molecule has 2 aromatic heterocycles. The van der Waals surface area contributed by atoms with Crippen LogP contribution in [0, 0.1) is 0 Å². The monoisotopic (exact) mass is 337 g/mol. The van der Waals surface area contributed by atoms with E-state index in [1.54, 1.807) is 25.2 Å². The van der Waals surface area contributed by atoms with E-state index in [1.807, 2.05) is 6.07 Å². The van der Waals surface area contributed by atoms with Crippen molar-refractivity contribution in [3.8, 4) is 11.5 Å². The van der Waals surface area contributed by atoms with Gasteiger partial charge in [-0.3, -0.25) is 4.79 Å². The maximum Gasteiger partial charge on any atom is 0.260 e. The Hall–Kier alpha value is -1.73. The van der Waals surface area contributed by atoms with Crippen LogP contribution < -0.4 is 0 Å². The van der Waals surface area contributed by atoms with Gasteiger partial charge >= 0.3 is 0 Å². The van der Waals surface area contributed by atoms with Crippen LogP contribution in [0.5, 0.6) is 0 Å². The number of aromatic nitrogens is 2. The van der Waals surface area contributed by atoms with E-state index in [9.17, 15) is 9.90 Å². The van der Waals surface area contributed by atoms with Crippen molar-refractivity contribution in [3.05, 3.63) is 34.6 Å². The van der Waals surface area contributed by atoms with Gasteiger partial charge in [-0.25, -0.2) is 4.98 Å². The van der Waals surface area contributed by atoms with E-state index < -0.39 is 5.60 Å². The molecule has 1 saturated heterocycles. The molecule has 3 rings (SSSR count). The molecule has 0 saturated carbocycles. The number of hydrogen-bond acceptors (Lipinski definition) is 5. The molecule has 0 bridgehead atoms. The summed E-state index contributed by atoms with van der Waals surface area (Å²) in [5.74, 6) is 0.0524. The molecule has 0 aliphatic carbocycles. The van der Waals surface area contributed by atoms with Crippen LogP contribution in [0.2, 0.25) is 0 Å². The summed E-state index contributed by atoms with van der Waals surface area (Å²) >= 11 is 3.28. The van der Waals surface area contributed by atoms with E-state index in [1.165, 1.54) is 4.90 Å². The molecular formula is C13H12BrN3O3. The van der Waals surface area contributed by atoms with Gasteiger partial charge in [0.1, 0.15) is 16.0 Å². The Balaban J connectivity index is 1.97. The average Bonchev–Trinajstić information content (AvgIpc) is 3.02. The summed E-state index contributed by atoms with van der Waals surface area (Å²) in [7, 11) is 1.65. The van der Waals surface area contributed by atoms with E-state index >= 15 is 0 Å². The molecule has 0 spiro atoms. The summed E-state index contributed by atoms with van der Waals surface area (Å²) < 4.78 is 5.87. The number of nitrogens with zero attached hydrogens (tertiary/aromatic N) is 3. The number of rotatable bonds is 2. The van der Waals surface area contributed by atoms with Gasteiger partial charge in [-0.1, -0.05) is 11.2 Å². The van der Waals surface area contributed by atoms with Crippen LogP contribution in [0.25, 0.3) is 11.5 Å². The number of likely N-dealkylation sites (N-methyl/N-ethyl adjacent to an activating group) is 1. The number of halogens is 1. The SMILES string of the molecule is CN1CCC(O)(c2cc(-c3cccc(Br)n3)on2)C1=O. The Kier molecular flexibility index (Phi) is 3.10. The molecule has 1 N–H and O–H groups in total. The second-order valence-electron chi connectivity index (χ2n) is 4.76. The number of likely N-dealkylation sites (tertiary alicyclic amines) is 1. The van der Waals surface area contributed by atoms with Crippen LogP contribution in [0.3, 0.4) is 0 Å². The normalized spacial score (nSPS) is 22.6. The molecule has 3 heterocycles. The molecule has 1 atom stereocenters. The maximum absolute atomic E-state index is 12.0. The average molecular weight is 338 g/mol. The van der Waals surface area contributed by atoms with Crippen molar-refractivity contribution in [1.82, 2.24) is 15.0 Å². The fourth-order valence-corrected chi connectivity index (χ4v) is 2.57. The van der Waals surface area contributed by atoms with Crippen LogP contribution >= 0.6 is 15.9 Å². The Morgan fingerprint density at radius 3 is 2.95 bits per heavy atom. The van der Waals surface area contributed by atoms with Crippen molar-refractivity contribution in [2.75, 3.05) is 13.6 Å². The largest absolute Gasteiger partial charge is 0.374 e. The zero-order chi connectivity index (χ0) is 14.3. The van der Waals surface area contributed by atoms with E-state index in [4.69, 9.17) is 4.52 Å². The smallest absolute Gasteiger partial charge is 0.260 e. The molecule has 1 unspecified atom stereocenters. The van der Waals surface area contributed by atoms with Gasteiger partial charge in [0, 0.05) is 26.1 Å². The van der Waals surface area contributed by atoms with Crippen LogP contribution in [-0.2, 0) is 10.4 Å². The second-order valence-corrected chi connectivity index (χ2v) is 5.57. The van der Waals surface area contributed by atoms with Crippen LogP contribution in [-0.4, -0.2) is 39.6 Å². The molecule has 104 valence electrons. The lowest BCUT2D eigenvalue weighted by atomic mass is 9.98. The summed E-state index contributed by atoms with van der Waals surface area (Å²) in [4.78, 5) is 17.7. The maximum atomic E-state index is 12.0. The number of amides is 1. The van der Waals surface area contributed by atoms with E-state index in [2.05, 4.69) is 26.1 Å². The van der Waals surface area contributed by atoms with Gasteiger partial charge in [0.25, 0.3) is 5.91 Å². The minimum absolute atomic E-state index is 0.226. The minimum Gasteiger partial charge on any atom is -0.374 e. The lowest BCUT2D eigenvalue weighted by Crippen LogP contribution is -2.36. The third kappa shape index (κ3) is 2.03. The minimum atomic E-state index is -1.59. The fraction of sp³-hybridized carbons (Fsp3) is 0.308. The van der Waals surface area contributed by atoms with Gasteiger partial charge in [-0.15, -0.1) is 0 Å². The third-order valence-corrected chi connectivity index (χ3v) is 3.85. The summed E-state index contributed by atoms with van der Waals surface area (Å²) in [5.41, 5.74) is -0.785. The highest BCUT2D eigenvalue weighted by Gasteiger charge is 2.47. The van der Waals surface area contributed by atoms with Crippen molar-refractivity contribution in [3.63, 3.8) is 0 Å². The molecule has 0 radical (unpaired) electrons. The van der Waals surface area contributed by atoms with Crippen molar-refractivity contribution in [1.29, 1.82) is 0 Å². The van der Waals surface area contributed by atoms with E-state index in [0.29, 0.717) is 29.0 Å². The second kappa shape index (κ2) is 4.68. The number of pyridine rings is 1. The molecule has 1 amide bonds. The fourth-order valence-electron chi connectivity index (χ4n) is 2.23. The van der Waals surface area contributed by atoms with Gasteiger partial charge in [-0.2, -0.15) is 0 Å². The summed E-state index contributed by atoms with van der Waals surface area (Å²) in [6.45, 7) is 0.493. The van der Waals surface area contributed by atoms with Crippen molar-refractivity contribution in [2.45, 2.75) is 12.0 Å². The van der Waals surface area contributed by atoms with Crippen LogP contribution in [0.1, 0.15) is 12.1 Å². The van der Waals surface area contributed by atoms with Crippen molar-refractivity contribution in [2.24, 2.45) is 0 Å². The van der Waals surface area contributed by atoms with Gasteiger partial charge in [0.05, 0.1) is 0 Å². The van der Waals surface area contributed by atoms with Crippen molar-refractivity contribution >= 4 is 21.8 Å². The highest BCUT2D eigenvalue weighted by molar-refractivity contribution is 9.10. The van der Waals surface area contributed by atoms with Gasteiger partial charge in [0.15, 0.2) is 11.4 Å². The van der Waals surface area contributed by atoms with Crippen LogP contribution in [0.4, 0.5) is 0 Å². The molecular weight excluding hydrogens is 326 g/mol. The lowest BCUT2D eigenvalue weighted by Gasteiger charge is -2.16. The summed E-state index contributed by atoms with van der Waals surface area (Å²) in [5, 5.41) is 14.3. The quantitative estimate of drug-likeness (QED) is 0.841. The Bertz CT molecular complexity index is 672. The zero-order valence-electron chi connectivity index (χ0n) is 10.7. The zero-order valence-corrected chi connectivity index (χ0v) is 12.3. The predicted octanol–water partition coefficient (Wildman–Crippen LogP) is 1.55. The summed E-state index contributed by atoms with van der Waals surface area (Å²) in [6.07, 6.45) is 0.306. The Morgan fingerprint density at radius 2 is 2.30 bits per heavy atom. The summed E-state index contributed by atoms with van der Waals surface area (Å²) in [6, 6.07) is 6.94. The highest BCUT2D eigenvalue weighted by atomic mass is 79.9. The molecule has 7 heteroatoms. The van der Waals surface area contributed by atoms with E-state index in [-0.39, 0.29) is 11.6 Å². The first kappa shape index (κ1) is 13.3. The molecule has 2 aromatic rings. The standard InChI is InChI=1S/C13H12BrN3O3/c1-17-6-5-13(19,12(17)18)10-7-9(20-16-10)8-3-2-4-11(14)15-8/h2-4,7,19H,5-6H2,1H3. The number of hydrogen-bond donors (Lipinski definition) is 1. The van der Waals surface area contributed by atoms with Crippen molar-refractivity contribution < 1.29 is 14.4 Å². The van der Waals surface area contributed by atoms with Gasteiger partial charge in [0.2, 0.25) is 0 Å². The lowest BCUT2D eigenvalue weighted by molar-refractivity contribution is -0.143. The topological polar surface area (TPSA) is 79.5 Å². The Labute approximate surface area is 123 Å². The third-order valence-electron chi connectivity index (χ3n) is 3.41. The molecule has 20 heavy (non-hydrogen) atoms. The number of carbonyl (C=O) groups excluding carboxylic acids is 1. The first-order chi connectivity index (χ1) is 9.50. The first-order valence-electron chi connectivity index (χ1n) is 6.09.